The SMILES string of the molecule is COC(=O)CN(C(=O)c1csc(C#CCO)c1)C(C)C. The topological polar surface area (TPSA) is 66.8 Å². The van der Waals surface area contributed by atoms with E-state index in [1.54, 1.807) is 11.4 Å². The van der Waals surface area contributed by atoms with E-state index in [0.29, 0.717) is 10.4 Å². The van der Waals surface area contributed by atoms with Crippen molar-refractivity contribution in [2.75, 3.05) is 20.3 Å². The van der Waals surface area contributed by atoms with Crippen molar-refractivity contribution in [2.24, 2.45) is 0 Å². The summed E-state index contributed by atoms with van der Waals surface area (Å²) in [5.74, 6) is 4.58. The fraction of sp³-hybridized carbons (Fsp3) is 0.429. The summed E-state index contributed by atoms with van der Waals surface area (Å²) in [6.07, 6.45) is 0. The monoisotopic (exact) mass is 295 g/mol. The summed E-state index contributed by atoms with van der Waals surface area (Å²) in [5, 5.41) is 10.3. The van der Waals surface area contributed by atoms with Crippen molar-refractivity contribution in [3.63, 3.8) is 0 Å². The van der Waals surface area contributed by atoms with Crippen molar-refractivity contribution >= 4 is 23.2 Å². The molecule has 0 aliphatic rings. The van der Waals surface area contributed by atoms with Gasteiger partial charge in [0.15, 0.2) is 0 Å². The number of hydrogen-bond acceptors (Lipinski definition) is 5. The molecular formula is C14H17NO4S. The minimum atomic E-state index is -0.456. The van der Waals surface area contributed by atoms with E-state index in [9.17, 15) is 9.59 Å². The first-order chi connectivity index (χ1) is 9.49. The maximum atomic E-state index is 12.4. The van der Waals surface area contributed by atoms with Crippen LogP contribution in [0.3, 0.4) is 0 Å². The fourth-order valence-corrected chi connectivity index (χ4v) is 2.25. The number of aliphatic hydroxyl groups excluding tert-OH is 1. The lowest BCUT2D eigenvalue weighted by molar-refractivity contribution is -0.141. The average molecular weight is 295 g/mol. The highest BCUT2D eigenvalue weighted by Gasteiger charge is 2.22. The second-order valence-corrected chi connectivity index (χ2v) is 5.17. The van der Waals surface area contributed by atoms with Crippen LogP contribution in [0, 0.1) is 11.8 Å². The molecule has 5 nitrogen and oxygen atoms in total. The van der Waals surface area contributed by atoms with Crippen molar-refractivity contribution in [3.05, 3.63) is 21.9 Å². The molecule has 0 bridgehead atoms. The van der Waals surface area contributed by atoms with E-state index in [2.05, 4.69) is 16.6 Å². The highest BCUT2D eigenvalue weighted by atomic mass is 32.1. The smallest absolute Gasteiger partial charge is 0.325 e. The number of aliphatic hydroxyl groups is 1. The first-order valence-corrected chi connectivity index (χ1v) is 6.93. The molecule has 0 aromatic carbocycles. The van der Waals surface area contributed by atoms with Gasteiger partial charge in [-0.25, -0.2) is 0 Å². The number of esters is 1. The summed E-state index contributed by atoms with van der Waals surface area (Å²) < 4.78 is 4.59. The van der Waals surface area contributed by atoms with E-state index >= 15 is 0 Å². The lowest BCUT2D eigenvalue weighted by Gasteiger charge is -2.25. The van der Waals surface area contributed by atoms with Crippen LogP contribution in [0.25, 0.3) is 0 Å². The summed E-state index contributed by atoms with van der Waals surface area (Å²) >= 11 is 1.32. The first-order valence-electron chi connectivity index (χ1n) is 6.05. The first kappa shape index (κ1) is 16.2. The van der Waals surface area contributed by atoms with Crippen molar-refractivity contribution in [3.8, 4) is 11.8 Å². The molecular weight excluding hydrogens is 278 g/mol. The molecule has 0 unspecified atom stereocenters. The Bertz CT molecular complexity index is 539. The molecule has 20 heavy (non-hydrogen) atoms. The molecule has 1 N–H and O–H groups in total. The van der Waals surface area contributed by atoms with E-state index in [1.807, 2.05) is 13.8 Å². The Morgan fingerprint density at radius 3 is 2.75 bits per heavy atom. The van der Waals surface area contributed by atoms with Gasteiger partial charge in [0.2, 0.25) is 0 Å². The summed E-state index contributed by atoms with van der Waals surface area (Å²) in [6, 6.07) is 1.54. The largest absolute Gasteiger partial charge is 0.468 e. The van der Waals surface area contributed by atoms with Crippen LogP contribution >= 0.6 is 11.3 Å². The summed E-state index contributed by atoms with van der Waals surface area (Å²) in [6.45, 7) is 3.36. The number of methoxy groups -OCH3 is 1. The van der Waals surface area contributed by atoms with E-state index < -0.39 is 5.97 Å². The number of rotatable bonds is 4. The van der Waals surface area contributed by atoms with Crippen LogP contribution in [0.4, 0.5) is 0 Å². The third-order valence-electron chi connectivity index (χ3n) is 2.55. The molecule has 0 fully saturated rings. The number of carbonyl (C=O) groups is 2. The predicted octanol–water partition coefficient (Wildman–Crippen LogP) is 1.12. The number of carbonyl (C=O) groups excluding carboxylic acids is 2. The molecule has 1 aromatic rings. The molecule has 0 saturated carbocycles. The van der Waals surface area contributed by atoms with E-state index in [-0.39, 0.29) is 25.1 Å². The Morgan fingerprint density at radius 2 is 2.20 bits per heavy atom. The van der Waals surface area contributed by atoms with Crippen molar-refractivity contribution in [1.82, 2.24) is 4.90 Å². The zero-order chi connectivity index (χ0) is 15.1. The van der Waals surface area contributed by atoms with Crippen molar-refractivity contribution < 1.29 is 19.4 Å². The van der Waals surface area contributed by atoms with Crippen LogP contribution < -0.4 is 0 Å². The van der Waals surface area contributed by atoms with Gasteiger partial charge in [-0.15, -0.1) is 11.3 Å². The number of thiophene rings is 1. The van der Waals surface area contributed by atoms with Crippen LogP contribution in [-0.4, -0.2) is 48.2 Å². The van der Waals surface area contributed by atoms with Gasteiger partial charge in [0.25, 0.3) is 5.91 Å². The quantitative estimate of drug-likeness (QED) is 0.667. The molecule has 1 rings (SSSR count). The van der Waals surface area contributed by atoms with Gasteiger partial charge in [-0.3, -0.25) is 9.59 Å². The van der Waals surface area contributed by atoms with Crippen LogP contribution in [0.2, 0.25) is 0 Å². The van der Waals surface area contributed by atoms with Gasteiger partial charge in [0.1, 0.15) is 13.2 Å². The molecule has 0 aliphatic carbocycles. The van der Waals surface area contributed by atoms with E-state index in [1.165, 1.54) is 23.3 Å². The summed E-state index contributed by atoms with van der Waals surface area (Å²) in [5.41, 5.74) is 0.481. The maximum absolute atomic E-state index is 12.4. The molecule has 108 valence electrons. The number of amides is 1. The molecule has 1 amide bonds. The zero-order valence-electron chi connectivity index (χ0n) is 11.7. The molecule has 1 heterocycles. The molecule has 6 heteroatoms. The third-order valence-corrected chi connectivity index (χ3v) is 3.39. The van der Waals surface area contributed by atoms with Gasteiger partial charge in [-0.2, -0.15) is 0 Å². The molecule has 0 saturated heterocycles. The Hall–Kier alpha value is -1.84. The van der Waals surface area contributed by atoms with Crippen LogP contribution in [0.15, 0.2) is 11.4 Å². The fourth-order valence-electron chi connectivity index (χ4n) is 1.50. The Balaban J connectivity index is 2.89. The highest BCUT2D eigenvalue weighted by Crippen LogP contribution is 2.17. The maximum Gasteiger partial charge on any atom is 0.325 e. The van der Waals surface area contributed by atoms with Gasteiger partial charge in [-0.05, 0) is 19.9 Å². The third kappa shape index (κ3) is 4.37. The highest BCUT2D eigenvalue weighted by molar-refractivity contribution is 7.10. The second-order valence-electron chi connectivity index (χ2n) is 4.26. The number of nitrogens with zero attached hydrogens (tertiary/aromatic N) is 1. The second kappa shape index (κ2) is 7.68. The van der Waals surface area contributed by atoms with Gasteiger partial charge in [-0.1, -0.05) is 11.8 Å². The van der Waals surface area contributed by atoms with Gasteiger partial charge >= 0.3 is 5.97 Å². The van der Waals surface area contributed by atoms with Crippen LogP contribution in [0.1, 0.15) is 29.1 Å². The Morgan fingerprint density at radius 1 is 1.50 bits per heavy atom. The average Bonchev–Trinajstić information content (AvgIpc) is 2.89. The van der Waals surface area contributed by atoms with Gasteiger partial charge < -0.3 is 14.7 Å². The van der Waals surface area contributed by atoms with Gasteiger partial charge in [0.05, 0.1) is 17.6 Å². The van der Waals surface area contributed by atoms with E-state index in [4.69, 9.17) is 5.11 Å². The number of ether oxygens (including phenoxy) is 1. The summed E-state index contributed by atoms with van der Waals surface area (Å²) in [7, 11) is 1.29. The minimum Gasteiger partial charge on any atom is -0.468 e. The lowest BCUT2D eigenvalue weighted by Crippen LogP contribution is -2.40. The normalized spacial score (nSPS) is 9.85. The van der Waals surface area contributed by atoms with Gasteiger partial charge in [0, 0.05) is 11.4 Å². The molecule has 0 aliphatic heterocycles. The molecule has 0 atom stereocenters. The molecule has 0 spiro atoms. The van der Waals surface area contributed by atoms with E-state index in [0.717, 1.165) is 0 Å². The van der Waals surface area contributed by atoms with Crippen molar-refractivity contribution in [2.45, 2.75) is 19.9 Å². The predicted molar refractivity (Wildman–Crippen MR) is 76.5 cm³/mol. The van der Waals surface area contributed by atoms with Crippen LogP contribution in [0.5, 0.6) is 0 Å². The Kier molecular flexibility index (Phi) is 6.22. The van der Waals surface area contributed by atoms with Crippen LogP contribution in [-0.2, 0) is 9.53 Å². The number of hydrogen-bond donors (Lipinski definition) is 1. The zero-order valence-corrected chi connectivity index (χ0v) is 12.5. The Labute approximate surface area is 122 Å². The molecule has 0 radical (unpaired) electrons. The standard InChI is InChI=1S/C14H17NO4S/c1-10(2)15(8-13(17)19-3)14(18)11-7-12(20-9-11)5-4-6-16/h7,9-10,16H,6,8H2,1-3H3. The minimum absolute atomic E-state index is 0.0828. The van der Waals surface area contributed by atoms with Crippen molar-refractivity contribution in [1.29, 1.82) is 0 Å². The molecule has 1 aromatic heterocycles. The lowest BCUT2D eigenvalue weighted by atomic mass is 10.2. The summed E-state index contributed by atoms with van der Waals surface area (Å²) in [4.78, 5) is 25.8.